The van der Waals surface area contributed by atoms with Crippen molar-refractivity contribution in [3.63, 3.8) is 0 Å². The van der Waals surface area contributed by atoms with Gasteiger partial charge in [-0.3, -0.25) is 0 Å². The van der Waals surface area contributed by atoms with E-state index >= 15 is 0 Å². The van der Waals surface area contributed by atoms with Crippen LogP contribution in [-0.4, -0.2) is 11.8 Å². The van der Waals surface area contributed by atoms with Crippen LogP contribution < -0.4 is 10.2 Å². The summed E-state index contributed by atoms with van der Waals surface area (Å²) in [7, 11) is 0. The van der Waals surface area contributed by atoms with Gasteiger partial charge in [0.25, 0.3) is 0 Å². The molecule has 0 aliphatic carbocycles. The Bertz CT molecular complexity index is 101. The van der Waals surface area contributed by atoms with Gasteiger partial charge in [-0.15, -0.1) is 0 Å². The van der Waals surface area contributed by atoms with Crippen molar-refractivity contribution in [2.45, 2.75) is 12.8 Å². The third kappa shape index (κ3) is 11.4. The largest absolute Gasteiger partial charge is 2.00 e. The minimum absolute atomic E-state index is 0. The summed E-state index contributed by atoms with van der Waals surface area (Å²) < 4.78 is 0. The molecule has 0 aliphatic heterocycles. The van der Waals surface area contributed by atoms with Gasteiger partial charge in [0.05, 0.1) is 0 Å². The number of rotatable bonds is 3. The Morgan fingerprint density at radius 2 is 1.22 bits per heavy atom. The van der Waals surface area contributed by atoms with Crippen molar-refractivity contribution in [2.75, 3.05) is 0 Å². The predicted octanol–water partition coefficient (Wildman–Crippen LogP) is -1.56. The van der Waals surface area contributed by atoms with E-state index in [0.717, 1.165) is 0 Å². The van der Waals surface area contributed by atoms with Crippen LogP contribution in [0.2, 0.25) is 0 Å². The molecule has 0 fully saturated rings. The fourth-order valence-electron chi connectivity index (χ4n) is 0.227. The Balaban J connectivity index is 0. The minimum Gasteiger partial charge on any atom is -0.862 e. The van der Waals surface area contributed by atoms with E-state index in [1.165, 1.54) is 0 Å². The molecule has 0 heterocycles. The van der Waals surface area contributed by atoms with Crippen LogP contribution in [0.3, 0.4) is 0 Å². The molecule has 0 unspecified atom stereocenters. The molecule has 4 nitrogen and oxygen atoms in total. The molecule has 0 radical (unpaired) electrons. The van der Waals surface area contributed by atoms with Gasteiger partial charge < -0.3 is 21.0 Å². The number of hydrogen-bond acceptors (Lipinski definition) is 4. The Kier molecular flexibility index (Phi) is 7.77. The van der Waals surface area contributed by atoms with Gasteiger partial charge in [-0.05, 0) is 24.6 Å². The molecule has 0 saturated carbocycles. The Labute approximate surface area is 73.4 Å². The molecule has 0 spiro atoms. The van der Waals surface area contributed by atoms with Crippen molar-refractivity contribution < 1.29 is 37.9 Å². The number of nitrogens with one attached hydrogen (secondary N) is 2. The van der Waals surface area contributed by atoms with Crippen LogP contribution in [0, 0.1) is 10.8 Å². The van der Waals surface area contributed by atoms with Gasteiger partial charge in [-0.2, -0.15) is 0 Å². The first-order valence-electron chi connectivity index (χ1n) is 2.12. The fourth-order valence-corrected chi connectivity index (χ4v) is 0.227. The summed E-state index contributed by atoms with van der Waals surface area (Å²) in [6.07, 6.45) is -0.245. The number of hydrogen-bond donors (Lipinski definition) is 2. The van der Waals surface area contributed by atoms with E-state index in [9.17, 15) is 10.2 Å². The van der Waals surface area contributed by atoms with Gasteiger partial charge in [0.15, 0.2) is 0 Å². The Morgan fingerprint density at radius 1 is 1.00 bits per heavy atom. The van der Waals surface area contributed by atoms with Crippen molar-refractivity contribution in [3.05, 3.63) is 0 Å². The monoisotopic (exact) mass is 316 g/mol. The molecule has 0 aromatic heterocycles. The van der Waals surface area contributed by atoms with Crippen molar-refractivity contribution in [3.8, 4) is 0 Å². The van der Waals surface area contributed by atoms with E-state index < -0.39 is 11.8 Å². The predicted molar refractivity (Wildman–Crippen MR) is 24.7 cm³/mol. The molecule has 9 heavy (non-hydrogen) atoms. The molecule has 0 amide bonds. The molecule has 2 N–H and O–H groups in total. The SMILES string of the molecule is N=C([O-])CCC(=N)[O-].[Hg+2]. The smallest absolute Gasteiger partial charge is 0.862 e. The molecular weight excluding hydrogens is 309 g/mol. The van der Waals surface area contributed by atoms with Gasteiger partial charge in [-0.25, -0.2) is 0 Å². The molecule has 0 aliphatic rings. The standard InChI is InChI=1S/C4H8N2O2.Hg/c5-3(7)1-2-4(6)8;/h1-2H2,(H2,5,7)(H2,6,8);/q;+2/p-2. The zero-order chi connectivity index (χ0) is 6.57. The summed E-state index contributed by atoms with van der Waals surface area (Å²) in [6.45, 7) is 0. The van der Waals surface area contributed by atoms with Crippen LogP contribution in [0.25, 0.3) is 0 Å². The molecule has 0 aromatic rings. The Morgan fingerprint density at radius 3 is 1.33 bits per heavy atom. The maximum atomic E-state index is 9.78. The normalized spacial score (nSPS) is 7.56. The second kappa shape index (κ2) is 6.00. The van der Waals surface area contributed by atoms with Crippen molar-refractivity contribution in [2.24, 2.45) is 0 Å². The third-order valence-corrected chi connectivity index (χ3v) is 0.579. The van der Waals surface area contributed by atoms with Crippen LogP contribution in [0.1, 0.15) is 12.8 Å². The molecule has 0 atom stereocenters. The third-order valence-electron chi connectivity index (χ3n) is 0.579. The molecule has 5 heteroatoms. The van der Waals surface area contributed by atoms with Crippen molar-refractivity contribution in [1.82, 2.24) is 0 Å². The summed E-state index contributed by atoms with van der Waals surface area (Å²) in [6, 6.07) is 0. The van der Waals surface area contributed by atoms with E-state index in [4.69, 9.17) is 10.8 Å². The van der Waals surface area contributed by atoms with Gasteiger partial charge in [0.1, 0.15) is 0 Å². The summed E-state index contributed by atoms with van der Waals surface area (Å²) in [4.78, 5) is 0. The van der Waals surface area contributed by atoms with E-state index in [2.05, 4.69) is 0 Å². The van der Waals surface area contributed by atoms with Crippen molar-refractivity contribution in [1.29, 1.82) is 10.8 Å². The van der Waals surface area contributed by atoms with Crippen LogP contribution in [-0.2, 0) is 27.7 Å². The van der Waals surface area contributed by atoms with E-state index in [-0.39, 0.29) is 40.5 Å². The summed E-state index contributed by atoms with van der Waals surface area (Å²) >= 11 is 0. The van der Waals surface area contributed by atoms with Gasteiger partial charge in [0, 0.05) is 0 Å². The molecule has 0 rings (SSSR count). The van der Waals surface area contributed by atoms with Crippen LogP contribution in [0.15, 0.2) is 0 Å². The summed E-state index contributed by atoms with van der Waals surface area (Å²) in [5.74, 6) is -1.57. The molecule has 0 saturated heterocycles. The molecular formula is C4H6HgN2O2. The first-order valence-corrected chi connectivity index (χ1v) is 2.12. The van der Waals surface area contributed by atoms with E-state index in [0.29, 0.717) is 0 Å². The Hall–Kier alpha value is -0.125. The van der Waals surface area contributed by atoms with E-state index in [1.807, 2.05) is 0 Å². The first-order chi connectivity index (χ1) is 3.63. The van der Waals surface area contributed by atoms with Crippen LogP contribution in [0.5, 0.6) is 0 Å². The van der Waals surface area contributed by atoms with E-state index in [1.54, 1.807) is 0 Å². The van der Waals surface area contributed by atoms with Crippen LogP contribution in [0.4, 0.5) is 0 Å². The molecule has 46 valence electrons. The quantitative estimate of drug-likeness (QED) is 0.374. The first kappa shape index (κ1) is 11.6. The molecule has 0 aromatic carbocycles. The second-order valence-electron chi connectivity index (χ2n) is 1.35. The summed E-state index contributed by atoms with van der Waals surface area (Å²) in [5.41, 5.74) is 0. The maximum absolute atomic E-state index is 9.78. The molecule has 0 bridgehead atoms. The van der Waals surface area contributed by atoms with Crippen LogP contribution >= 0.6 is 0 Å². The van der Waals surface area contributed by atoms with Gasteiger partial charge in [0.2, 0.25) is 0 Å². The van der Waals surface area contributed by atoms with Gasteiger partial charge in [-0.1, -0.05) is 0 Å². The average molecular weight is 315 g/mol. The zero-order valence-electron chi connectivity index (χ0n) is 4.94. The fraction of sp³-hybridized carbons (Fsp3) is 0.500. The average Bonchev–Trinajstić information content (AvgIpc) is 1.61. The van der Waals surface area contributed by atoms with Crippen molar-refractivity contribution >= 4 is 11.8 Å². The maximum Gasteiger partial charge on any atom is 2.00 e. The van der Waals surface area contributed by atoms with Gasteiger partial charge >= 0.3 is 27.7 Å². The minimum atomic E-state index is -0.786. The topological polar surface area (TPSA) is 93.8 Å². The summed E-state index contributed by atoms with van der Waals surface area (Å²) in [5, 5.41) is 32.2. The zero-order valence-corrected chi connectivity index (χ0v) is 10.4. The second-order valence-corrected chi connectivity index (χ2v) is 1.35.